The van der Waals surface area contributed by atoms with E-state index in [1.165, 1.54) is 57.8 Å². The minimum atomic E-state index is 1.26. The van der Waals surface area contributed by atoms with Crippen molar-refractivity contribution in [3.8, 4) is 0 Å². The van der Waals surface area contributed by atoms with Gasteiger partial charge in [0.25, 0.3) is 0 Å². The maximum absolute atomic E-state index is 2.50. The Morgan fingerprint density at radius 1 is 0.765 bits per heavy atom. The van der Waals surface area contributed by atoms with E-state index >= 15 is 0 Å². The third kappa shape index (κ3) is 8.24. The molecule has 0 aliphatic rings. The lowest BCUT2D eigenvalue weighted by atomic mass is 9.94. The quantitative estimate of drug-likeness (QED) is 0.303. The Balaban J connectivity index is 4.45. The summed E-state index contributed by atoms with van der Waals surface area (Å²) in [5.41, 5.74) is 3.24. The fraction of sp³-hybridized carbons (Fsp3) is 0.765. The van der Waals surface area contributed by atoms with Crippen molar-refractivity contribution < 1.29 is 0 Å². The second kappa shape index (κ2) is 12.0. The molecule has 0 bridgehead atoms. The molecule has 0 aliphatic heterocycles. The molecule has 100 valence electrons. The van der Waals surface area contributed by atoms with Crippen LogP contribution in [0.2, 0.25) is 0 Å². The highest BCUT2D eigenvalue weighted by atomic mass is 14.1. The average molecular weight is 236 g/mol. The normalized spacial score (nSPS) is 13.2. The van der Waals surface area contributed by atoms with Gasteiger partial charge in [0.1, 0.15) is 0 Å². The van der Waals surface area contributed by atoms with Crippen molar-refractivity contribution in [3.63, 3.8) is 0 Å². The number of unbranched alkanes of at least 4 members (excludes halogenated alkanes) is 4. The zero-order valence-corrected chi connectivity index (χ0v) is 12.5. The first-order chi connectivity index (χ1) is 8.29. The molecular weight excluding hydrogens is 204 g/mol. The van der Waals surface area contributed by atoms with Crippen LogP contribution in [0, 0.1) is 0 Å². The van der Waals surface area contributed by atoms with Crippen LogP contribution in [0.15, 0.2) is 23.3 Å². The Bertz CT molecular complexity index is 220. The first-order valence-electron chi connectivity index (χ1n) is 7.64. The Kier molecular flexibility index (Phi) is 11.6. The standard InChI is InChI=1S/C17H32/c1-5-9-12-15-17(14-11-7-3)16(8-4)13-10-6-2/h8,15H,5-7,9-14H2,1-4H3. The molecule has 0 N–H and O–H groups in total. The molecule has 0 nitrogen and oxygen atoms in total. The zero-order chi connectivity index (χ0) is 12.9. The van der Waals surface area contributed by atoms with Gasteiger partial charge in [-0.2, -0.15) is 0 Å². The molecule has 0 saturated carbocycles. The average Bonchev–Trinajstić information content (AvgIpc) is 2.36. The van der Waals surface area contributed by atoms with Crippen LogP contribution in [0.4, 0.5) is 0 Å². The molecule has 17 heavy (non-hydrogen) atoms. The van der Waals surface area contributed by atoms with E-state index in [0.717, 1.165) is 0 Å². The highest BCUT2D eigenvalue weighted by molar-refractivity contribution is 5.30. The van der Waals surface area contributed by atoms with E-state index in [-0.39, 0.29) is 0 Å². The van der Waals surface area contributed by atoms with Crippen molar-refractivity contribution in [2.24, 2.45) is 0 Å². The van der Waals surface area contributed by atoms with Gasteiger partial charge >= 0.3 is 0 Å². The predicted octanol–water partition coefficient (Wildman–Crippen LogP) is 6.43. The topological polar surface area (TPSA) is 0 Å². The van der Waals surface area contributed by atoms with E-state index in [9.17, 15) is 0 Å². The van der Waals surface area contributed by atoms with Crippen LogP contribution in [0.25, 0.3) is 0 Å². The molecule has 0 heterocycles. The van der Waals surface area contributed by atoms with E-state index in [1.54, 1.807) is 11.1 Å². The molecule has 0 aromatic heterocycles. The van der Waals surface area contributed by atoms with Crippen molar-refractivity contribution in [3.05, 3.63) is 23.3 Å². The first-order valence-corrected chi connectivity index (χ1v) is 7.64. The number of hydrogen-bond donors (Lipinski definition) is 0. The Morgan fingerprint density at radius 2 is 1.29 bits per heavy atom. The highest BCUT2D eigenvalue weighted by Gasteiger charge is 2.03. The molecule has 0 spiro atoms. The monoisotopic (exact) mass is 236 g/mol. The van der Waals surface area contributed by atoms with Gasteiger partial charge in [0.05, 0.1) is 0 Å². The van der Waals surface area contributed by atoms with Gasteiger partial charge in [0.15, 0.2) is 0 Å². The first kappa shape index (κ1) is 16.5. The number of allylic oxidation sites excluding steroid dienone is 4. The van der Waals surface area contributed by atoms with Crippen LogP contribution >= 0.6 is 0 Å². The third-order valence-corrected chi connectivity index (χ3v) is 3.31. The van der Waals surface area contributed by atoms with Gasteiger partial charge < -0.3 is 0 Å². The van der Waals surface area contributed by atoms with Crippen LogP contribution in [0.1, 0.15) is 85.5 Å². The second-order valence-corrected chi connectivity index (χ2v) is 4.89. The van der Waals surface area contributed by atoms with Gasteiger partial charge in [-0.05, 0) is 50.2 Å². The largest absolute Gasteiger partial charge is 0.0842 e. The van der Waals surface area contributed by atoms with E-state index in [1.807, 2.05) is 0 Å². The van der Waals surface area contributed by atoms with Crippen LogP contribution in [0.3, 0.4) is 0 Å². The smallest absolute Gasteiger partial charge is 0.0280 e. The van der Waals surface area contributed by atoms with Gasteiger partial charge in [-0.25, -0.2) is 0 Å². The molecule has 0 heteroatoms. The molecule has 0 aliphatic carbocycles. The lowest BCUT2D eigenvalue weighted by Gasteiger charge is -2.12. The summed E-state index contributed by atoms with van der Waals surface area (Å²) in [6.07, 6.45) is 16.6. The van der Waals surface area contributed by atoms with E-state index in [0.29, 0.717) is 0 Å². The fourth-order valence-electron chi connectivity index (χ4n) is 2.10. The molecule has 0 unspecified atom stereocenters. The molecule has 0 rings (SSSR count). The van der Waals surface area contributed by atoms with Crippen LogP contribution < -0.4 is 0 Å². The minimum absolute atomic E-state index is 1.26. The van der Waals surface area contributed by atoms with Gasteiger partial charge in [0, 0.05) is 0 Å². The molecule has 0 saturated heterocycles. The van der Waals surface area contributed by atoms with Crippen molar-refractivity contribution in [1.29, 1.82) is 0 Å². The van der Waals surface area contributed by atoms with Crippen molar-refractivity contribution in [2.75, 3.05) is 0 Å². The number of hydrogen-bond acceptors (Lipinski definition) is 0. The molecule has 0 fully saturated rings. The molecule has 0 atom stereocenters. The zero-order valence-electron chi connectivity index (χ0n) is 12.5. The van der Waals surface area contributed by atoms with Crippen LogP contribution in [0.5, 0.6) is 0 Å². The molecule has 0 aromatic rings. The Morgan fingerprint density at radius 3 is 1.76 bits per heavy atom. The summed E-state index contributed by atoms with van der Waals surface area (Å²) >= 11 is 0. The van der Waals surface area contributed by atoms with Crippen molar-refractivity contribution >= 4 is 0 Å². The SMILES string of the molecule is CC=C(CCCC)C(=CCCCC)CCCC. The van der Waals surface area contributed by atoms with E-state index in [2.05, 4.69) is 39.8 Å². The van der Waals surface area contributed by atoms with E-state index in [4.69, 9.17) is 0 Å². The lowest BCUT2D eigenvalue weighted by molar-refractivity contribution is 0.741. The Hall–Kier alpha value is -0.520. The van der Waals surface area contributed by atoms with Crippen LogP contribution in [-0.2, 0) is 0 Å². The maximum atomic E-state index is 2.50. The molecule has 0 amide bonds. The summed E-state index contributed by atoms with van der Waals surface area (Å²) < 4.78 is 0. The summed E-state index contributed by atoms with van der Waals surface area (Å²) in [4.78, 5) is 0. The summed E-state index contributed by atoms with van der Waals surface area (Å²) in [7, 11) is 0. The van der Waals surface area contributed by atoms with E-state index < -0.39 is 0 Å². The number of rotatable bonds is 10. The van der Waals surface area contributed by atoms with Gasteiger partial charge in [-0.3, -0.25) is 0 Å². The fourth-order valence-corrected chi connectivity index (χ4v) is 2.10. The molecule has 0 radical (unpaired) electrons. The second-order valence-electron chi connectivity index (χ2n) is 4.89. The maximum Gasteiger partial charge on any atom is -0.0280 e. The van der Waals surface area contributed by atoms with Crippen LogP contribution in [-0.4, -0.2) is 0 Å². The van der Waals surface area contributed by atoms with Gasteiger partial charge in [0.2, 0.25) is 0 Å². The predicted molar refractivity (Wildman–Crippen MR) is 80.4 cm³/mol. The summed E-state index contributed by atoms with van der Waals surface area (Å²) in [5.74, 6) is 0. The van der Waals surface area contributed by atoms with Crippen molar-refractivity contribution in [1.82, 2.24) is 0 Å². The molecule has 0 aromatic carbocycles. The molecular formula is C17H32. The summed E-state index contributed by atoms with van der Waals surface area (Å²) in [5, 5.41) is 0. The lowest BCUT2D eigenvalue weighted by Crippen LogP contribution is -1.92. The van der Waals surface area contributed by atoms with Gasteiger partial charge in [-0.1, -0.05) is 58.6 Å². The van der Waals surface area contributed by atoms with Gasteiger partial charge in [-0.15, -0.1) is 0 Å². The minimum Gasteiger partial charge on any atom is -0.0842 e. The highest BCUT2D eigenvalue weighted by Crippen LogP contribution is 2.23. The third-order valence-electron chi connectivity index (χ3n) is 3.31. The summed E-state index contributed by atoms with van der Waals surface area (Å²) in [6.45, 7) is 9.03. The Labute approximate surface area is 109 Å². The van der Waals surface area contributed by atoms with Crippen molar-refractivity contribution in [2.45, 2.75) is 85.5 Å². The summed E-state index contributed by atoms with van der Waals surface area (Å²) in [6, 6.07) is 0.